The van der Waals surface area contributed by atoms with Crippen LogP contribution in [0.25, 0.3) is 0 Å². The summed E-state index contributed by atoms with van der Waals surface area (Å²) in [6, 6.07) is 17.8. The number of aryl methyl sites for hydroxylation is 2. The van der Waals surface area contributed by atoms with Crippen LogP contribution in [-0.4, -0.2) is 32.3 Å². The van der Waals surface area contributed by atoms with Crippen molar-refractivity contribution in [2.75, 3.05) is 16.2 Å². The van der Waals surface area contributed by atoms with Gasteiger partial charge in [0, 0.05) is 10.6 Å². The van der Waals surface area contributed by atoms with Gasteiger partial charge in [-0.1, -0.05) is 47.5 Å². The second-order valence-corrected chi connectivity index (χ2v) is 11.9. The molecule has 0 saturated heterocycles. The van der Waals surface area contributed by atoms with Crippen LogP contribution in [0.2, 0.25) is 5.02 Å². The molecule has 0 saturated carbocycles. The molecular formula is C27H30ClN3O4S. The summed E-state index contributed by atoms with van der Waals surface area (Å²) in [6.07, 6.45) is 0. The second kappa shape index (κ2) is 10.7. The van der Waals surface area contributed by atoms with Crippen LogP contribution in [-0.2, 0) is 14.8 Å². The zero-order chi connectivity index (χ0) is 26.7. The number of amides is 2. The summed E-state index contributed by atoms with van der Waals surface area (Å²) >= 11 is 6.19. The Kier molecular flexibility index (Phi) is 8.11. The number of hydrogen-bond donors (Lipinski definition) is 2. The number of sulfonamides is 1. The van der Waals surface area contributed by atoms with Gasteiger partial charge in [-0.15, -0.1) is 0 Å². The number of nitrogens with zero attached hydrogens (tertiary/aromatic N) is 1. The molecule has 0 unspecified atom stereocenters. The lowest BCUT2D eigenvalue weighted by molar-refractivity contribution is -0.114. The molecule has 36 heavy (non-hydrogen) atoms. The number of carbonyl (C=O) groups excluding carboxylic acids is 2. The van der Waals surface area contributed by atoms with E-state index < -0.39 is 28.0 Å². The number of hydrogen-bond acceptors (Lipinski definition) is 4. The highest BCUT2D eigenvalue weighted by Crippen LogP contribution is 2.30. The summed E-state index contributed by atoms with van der Waals surface area (Å²) in [7, 11) is -4.11. The van der Waals surface area contributed by atoms with Crippen LogP contribution in [0.3, 0.4) is 0 Å². The van der Waals surface area contributed by atoms with Crippen molar-refractivity contribution in [3.8, 4) is 0 Å². The fraction of sp³-hybridized carbons (Fsp3) is 0.259. The Labute approximate surface area is 217 Å². The Morgan fingerprint density at radius 2 is 1.58 bits per heavy atom. The molecule has 0 spiro atoms. The zero-order valence-corrected chi connectivity index (χ0v) is 22.5. The number of para-hydroxylation sites is 1. The average molecular weight is 528 g/mol. The second-order valence-electron chi connectivity index (χ2n) is 9.55. The van der Waals surface area contributed by atoms with Gasteiger partial charge in [0.15, 0.2) is 0 Å². The van der Waals surface area contributed by atoms with Crippen LogP contribution in [0, 0.1) is 13.8 Å². The Morgan fingerprint density at radius 1 is 0.944 bits per heavy atom. The average Bonchev–Trinajstić information content (AvgIpc) is 2.78. The van der Waals surface area contributed by atoms with Crippen LogP contribution in [0.5, 0.6) is 0 Å². The maximum absolute atomic E-state index is 13.7. The highest BCUT2D eigenvalue weighted by molar-refractivity contribution is 7.92. The van der Waals surface area contributed by atoms with E-state index in [2.05, 4.69) is 10.6 Å². The van der Waals surface area contributed by atoms with Gasteiger partial charge in [-0.2, -0.15) is 0 Å². The van der Waals surface area contributed by atoms with Gasteiger partial charge in [0.05, 0.1) is 21.8 Å². The molecule has 0 aliphatic heterocycles. The van der Waals surface area contributed by atoms with E-state index >= 15 is 0 Å². The molecule has 0 atom stereocenters. The topological polar surface area (TPSA) is 95.6 Å². The first kappa shape index (κ1) is 27.2. The van der Waals surface area contributed by atoms with E-state index in [1.54, 1.807) is 55.5 Å². The third kappa shape index (κ3) is 6.65. The molecular weight excluding hydrogens is 498 g/mol. The van der Waals surface area contributed by atoms with E-state index in [0.717, 1.165) is 9.87 Å². The molecule has 0 radical (unpaired) electrons. The normalized spacial score (nSPS) is 11.6. The lowest BCUT2D eigenvalue weighted by atomic mass is 10.1. The van der Waals surface area contributed by atoms with Crippen LogP contribution >= 0.6 is 11.6 Å². The largest absolute Gasteiger partial charge is 0.347 e. The quantitative estimate of drug-likeness (QED) is 0.434. The van der Waals surface area contributed by atoms with Crippen LogP contribution < -0.4 is 14.9 Å². The van der Waals surface area contributed by atoms with Crippen molar-refractivity contribution in [2.24, 2.45) is 0 Å². The molecule has 0 aliphatic carbocycles. The highest BCUT2D eigenvalue weighted by atomic mass is 35.5. The number of nitrogens with one attached hydrogen (secondary N) is 2. The van der Waals surface area contributed by atoms with Crippen molar-refractivity contribution in [1.82, 2.24) is 5.32 Å². The maximum atomic E-state index is 13.7. The standard InChI is InChI=1S/C27H30ClN3O4S/c1-18-10-14-21(15-11-18)36(34,35)31(24-16-20(28)13-12-19(24)2)17-25(32)29-23-9-7-6-8-22(23)26(33)30-27(3,4)5/h6-16H,17H2,1-5H3,(H,29,32)(H,30,33). The number of anilines is 2. The van der Waals surface area contributed by atoms with Gasteiger partial charge in [-0.3, -0.25) is 13.9 Å². The van der Waals surface area contributed by atoms with Crippen LogP contribution in [0.1, 0.15) is 42.3 Å². The minimum Gasteiger partial charge on any atom is -0.347 e. The summed E-state index contributed by atoms with van der Waals surface area (Å²) in [4.78, 5) is 26.0. The molecule has 0 bridgehead atoms. The fourth-order valence-corrected chi connectivity index (χ4v) is 5.15. The van der Waals surface area contributed by atoms with Gasteiger partial charge in [0.25, 0.3) is 15.9 Å². The molecule has 0 aliphatic rings. The summed E-state index contributed by atoms with van der Waals surface area (Å²) in [5, 5.41) is 5.91. The van der Waals surface area contributed by atoms with Gasteiger partial charge in [-0.25, -0.2) is 8.42 Å². The van der Waals surface area contributed by atoms with E-state index in [1.165, 1.54) is 18.2 Å². The van der Waals surface area contributed by atoms with E-state index in [4.69, 9.17) is 11.6 Å². The Hall–Kier alpha value is -3.36. The van der Waals surface area contributed by atoms with Crippen molar-refractivity contribution in [2.45, 2.75) is 45.1 Å². The molecule has 0 fully saturated rings. The summed E-state index contributed by atoms with van der Waals surface area (Å²) in [5.41, 5.74) is 1.90. The molecule has 190 valence electrons. The molecule has 7 nitrogen and oxygen atoms in total. The molecule has 2 N–H and O–H groups in total. The van der Waals surface area contributed by atoms with E-state index in [-0.39, 0.29) is 27.7 Å². The van der Waals surface area contributed by atoms with Crippen molar-refractivity contribution in [1.29, 1.82) is 0 Å². The zero-order valence-electron chi connectivity index (χ0n) is 20.9. The Balaban J connectivity index is 1.97. The third-order valence-corrected chi connectivity index (χ3v) is 7.28. The molecule has 3 rings (SSSR count). The maximum Gasteiger partial charge on any atom is 0.264 e. The van der Waals surface area contributed by atoms with E-state index in [1.807, 2.05) is 27.7 Å². The van der Waals surface area contributed by atoms with Crippen LogP contribution in [0.4, 0.5) is 11.4 Å². The smallest absolute Gasteiger partial charge is 0.264 e. The van der Waals surface area contributed by atoms with Crippen molar-refractivity contribution in [3.05, 3.63) is 88.4 Å². The third-order valence-electron chi connectivity index (χ3n) is 5.27. The summed E-state index contributed by atoms with van der Waals surface area (Å²) in [5.74, 6) is -0.964. The van der Waals surface area contributed by atoms with Gasteiger partial charge in [0.1, 0.15) is 6.54 Å². The monoisotopic (exact) mass is 527 g/mol. The predicted molar refractivity (Wildman–Crippen MR) is 144 cm³/mol. The number of carbonyl (C=O) groups is 2. The van der Waals surface area contributed by atoms with Gasteiger partial charge >= 0.3 is 0 Å². The molecule has 2 amide bonds. The molecule has 0 heterocycles. The van der Waals surface area contributed by atoms with Gasteiger partial charge < -0.3 is 10.6 Å². The number of rotatable bonds is 7. The SMILES string of the molecule is Cc1ccc(S(=O)(=O)N(CC(=O)Nc2ccccc2C(=O)NC(C)(C)C)c2cc(Cl)ccc2C)cc1. The molecule has 0 aromatic heterocycles. The highest BCUT2D eigenvalue weighted by Gasteiger charge is 2.29. The number of benzene rings is 3. The van der Waals surface area contributed by atoms with Crippen LogP contribution in [0.15, 0.2) is 71.6 Å². The Morgan fingerprint density at radius 3 is 2.22 bits per heavy atom. The first-order chi connectivity index (χ1) is 16.8. The minimum atomic E-state index is -4.11. The first-order valence-electron chi connectivity index (χ1n) is 11.3. The summed E-state index contributed by atoms with van der Waals surface area (Å²) in [6.45, 7) is 8.64. The van der Waals surface area contributed by atoms with Crippen molar-refractivity contribution in [3.63, 3.8) is 0 Å². The van der Waals surface area contributed by atoms with Crippen molar-refractivity contribution < 1.29 is 18.0 Å². The minimum absolute atomic E-state index is 0.0465. The first-order valence-corrected chi connectivity index (χ1v) is 13.2. The fourth-order valence-electron chi connectivity index (χ4n) is 3.51. The predicted octanol–water partition coefficient (Wildman–Crippen LogP) is 5.32. The van der Waals surface area contributed by atoms with E-state index in [9.17, 15) is 18.0 Å². The van der Waals surface area contributed by atoms with Gasteiger partial charge in [-0.05, 0) is 76.6 Å². The lowest BCUT2D eigenvalue weighted by Gasteiger charge is -2.26. The lowest BCUT2D eigenvalue weighted by Crippen LogP contribution is -2.41. The summed E-state index contributed by atoms with van der Waals surface area (Å²) < 4.78 is 28.4. The van der Waals surface area contributed by atoms with Crippen molar-refractivity contribution >= 4 is 44.8 Å². The van der Waals surface area contributed by atoms with E-state index in [0.29, 0.717) is 10.6 Å². The Bertz CT molecular complexity index is 1380. The molecule has 3 aromatic carbocycles. The molecule has 9 heteroatoms. The number of halogens is 1. The van der Waals surface area contributed by atoms with Gasteiger partial charge in [0.2, 0.25) is 5.91 Å². The molecule has 3 aromatic rings.